The summed E-state index contributed by atoms with van der Waals surface area (Å²) in [5.41, 5.74) is 1.76. The van der Waals surface area contributed by atoms with Crippen LogP contribution in [0.4, 0.5) is 13.2 Å². The van der Waals surface area contributed by atoms with Crippen LogP contribution in [0.5, 0.6) is 5.75 Å². The first kappa shape index (κ1) is 23.8. The summed E-state index contributed by atoms with van der Waals surface area (Å²) in [4.78, 5) is 0. The van der Waals surface area contributed by atoms with Gasteiger partial charge in [-0.15, -0.1) is 0 Å². The third kappa shape index (κ3) is 5.32. The Morgan fingerprint density at radius 2 is 1.81 bits per heavy atom. The van der Waals surface area contributed by atoms with Gasteiger partial charge in [-0.25, -0.2) is 4.21 Å². The van der Waals surface area contributed by atoms with E-state index < -0.39 is 27.8 Å². The Morgan fingerprint density at radius 1 is 1.16 bits per heavy atom. The van der Waals surface area contributed by atoms with E-state index in [1.807, 2.05) is 34.9 Å². The van der Waals surface area contributed by atoms with Crippen molar-refractivity contribution in [1.29, 1.82) is 0 Å². The molecule has 0 spiro atoms. The van der Waals surface area contributed by atoms with Gasteiger partial charge in [-0.05, 0) is 55.7 Å². The molecule has 3 rings (SSSR count). The van der Waals surface area contributed by atoms with Crippen molar-refractivity contribution in [3.63, 3.8) is 0 Å². The Morgan fingerprint density at radius 3 is 2.35 bits per heavy atom. The number of nitrogens with zero attached hydrogens (tertiary/aromatic N) is 1. The standard InChI is InChI=1S/C22H24BrF3N2O2S/c1-21(2,31(27)29)11-19(22(24,25)26)18-13-28(20-10-15(23)6-9-17(18)20)12-14-4-7-16(30-3)8-5-14/h4-10,13,19H,11-12,27H2,1-3H3/t19-,31?/m0/s1. The van der Waals surface area contributed by atoms with Gasteiger partial charge in [0.2, 0.25) is 0 Å². The van der Waals surface area contributed by atoms with Crippen LogP contribution < -0.4 is 9.88 Å². The Kier molecular flexibility index (Phi) is 6.88. The molecule has 0 saturated carbocycles. The molecule has 4 nitrogen and oxygen atoms in total. The lowest BCUT2D eigenvalue weighted by Gasteiger charge is -2.28. The topological polar surface area (TPSA) is 57.2 Å². The van der Waals surface area contributed by atoms with Gasteiger partial charge in [-0.2, -0.15) is 13.2 Å². The molecular weight excluding hydrogens is 493 g/mol. The highest BCUT2D eigenvalue weighted by molar-refractivity contribution is 9.10. The van der Waals surface area contributed by atoms with E-state index in [2.05, 4.69) is 15.9 Å². The highest BCUT2D eigenvalue weighted by Crippen LogP contribution is 2.44. The smallest absolute Gasteiger partial charge is 0.395 e. The minimum absolute atomic E-state index is 0.155. The van der Waals surface area contributed by atoms with Gasteiger partial charge < -0.3 is 9.30 Å². The van der Waals surface area contributed by atoms with Gasteiger partial charge in [0, 0.05) is 28.1 Å². The van der Waals surface area contributed by atoms with Gasteiger partial charge in [0.15, 0.2) is 0 Å². The van der Waals surface area contributed by atoms with E-state index in [1.54, 1.807) is 25.4 Å². The van der Waals surface area contributed by atoms with Crippen LogP contribution in [0.25, 0.3) is 10.9 Å². The second kappa shape index (κ2) is 8.96. The number of nitrogens with two attached hydrogens (primary N) is 1. The summed E-state index contributed by atoms with van der Waals surface area (Å²) in [7, 11) is -0.322. The Hall–Kier alpha value is -1.84. The Balaban J connectivity index is 2.11. The molecule has 31 heavy (non-hydrogen) atoms. The summed E-state index contributed by atoms with van der Waals surface area (Å²) >= 11 is 3.42. The van der Waals surface area contributed by atoms with E-state index in [1.165, 1.54) is 13.8 Å². The predicted octanol–water partition coefficient (Wildman–Crippen LogP) is 5.90. The maximum Gasteiger partial charge on any atom is 0.395 e. The number of benzene rings is 2. The summed E-state index contributed by atoms with van der Waals surface area (Å²) in [5, 5.41) is 6.00. The molecular formula is C22H24BrF3N2O2S. The van der Waals surface area contributed by atoms with Crippen molar-refractivity contribution in [3.05, 3.63) is 64.3 Å². The number of ether oxygens (including phenoxy) is 1. The number of methoxy groups -OCH3 is 1. The molecule has 1 heterocycles. The van der Waals surface area contributed by atoms with Crippen molar-refractivity contribution < 1.29 is 22.1 Å². The fourth-order valence-corrected chi connectivity index (χ4v) is 4.29. The first-order valence-corrected chi connectivity index (χ1v) is 11.6. The van der Waals surface area contributed by atoms with Crippen LogP contribution in [-0.2, 0) is 17.5 Å². The molecule has 0 fully saturated rings. The maximum absolute atomic E-state index is 14.2. The number of aromatic nitrogens is 1. The first-order chi connectivity index (χ1) is 14.4. The Bertz CT molecular complexity index is 1090. The molecule has 2 N–H and O–H groups in total. The van der Waals surface area contributed by atoms with Crippen LogP contribution in [0.2, 0.25) is 0 Å². The van der Waals surface area contributed by atoms with Crippen LogP contribution in [0, 0.1) is 0 Å². The number of alkyl halides is 3. The van der Waals surface area contributed by atoms with Gasteiger partial charge in [0.1, 0.15) is 5.75 Å². The molecule has 0 aliphatic carbocycles. The minimum atomic E-state index is -4.51. The molecule has 168 valence electrons. The summed E-state index contributed by atoms with van der Waals surface area (Å²) in [6.07, 6.45) is -3.34. The SMILES string of the molecule is COc1ccc(Cn2cc([C@H](CC(C)(C)S(N)=O)C(F)(F)F)c3ccc(Br)cc32)cc1. The van der Waals surface area contributed by atoms with Crippen molar-refractivity contribution in [2.45, 2.75) is 43.7 Å². The van der Waals surface area contributed by atoms with Gasteiger partial charge in [0.25, 0.3) is 0 Å². The molecule has 9 heteroatoms. The number of hydrogen-bond acceptors (Lipinski definition) is 2. The molecule has 1 aromatic heterocycles. The summed E-state index contributed by atoms with van der Waals surface area (Å²) in [6.45, 7) is 3.39. The third-order valence-corrected chi connectivity index (χ3v) is 7.15. The molecule has 0 aliphatic rings. The van der Waals surface area contributed by atoms with Crippen LogP contribution in [0.1, 0.15) is 37.3 Å². The average molecular weight is 517 g/mol. The maximum atomic E-state index is 14.2. The highest BCUT2D eigenvalue weighted by Gasteiger charge is 2.46. The van der Waals surface area contributed by atoms with E-state index in [4.69, 9.17) is 9.88 Å². The van der Waals surface area contributed by atoms with Crippen LogP contribution >= 0.6 is 15.9 Å². The normalized spacial score (nSPS) is 14.6. The fraction of sp³-hybridized carbons (Fsp3) is 0.364. The zero-order valence-electron chi connectivity index (χ0n) is 17.4. The molecule has 3 aromatic rings. The molecule has 1 unspecified atom stereocenters. The minimum Gasteiger partial charge on any atom is -0.497 e. The van der Waals surface area contributed by atoms with Crippen molar-refractivity contribution in [2.75, 3.05) is 7.11 Å². The monoisotopic (exact) mass is 516 g/mol. The van der Waals surface area contributed by atoms with Crippen LogP contribution in [0.3, 0.4) is 0 Å². The second-order valence-electron chi connectivity index (χ2n) is 8.08. The lowest BCUT2D eigenvalue weighted by Crippen LogP contribution is -2.37. The quantitative estimate of drug-likeness (QED) is 0.425. The summed E-state index contributed by atoms with van der Waals surface area (Å²) in [6, 6.07) is 12.6. The summed E-state index contributed by atoms with van der Waals surface area (Å²) in [5.74, 6) is -1.09. The van der Waals surface area contributed by atoms with Crippen molar-refractivity contribution in [3.8, 4) is 5.75 Å². The molecule has 0 aliphatic heterocycles. The van der Waals surface area contributed by atoms with Crippen LogP contribution in [-0.4, -0.2) is 26.8 Å². The zero-order valence-corrected chi connectivity index (χ0v) is 19.8. The second-order valence-corrected chi connectivity index (χ2v) is 10.7. The van der Waals surface area contributed by atoms with Gasteiger partial charge >= 0.3 is 6.18 Å². The average Bonchev–Trinajstić information content (AvgIpc) is 3.03. The van der Waals surface area contributed by atoms with Gasteiger partial charge in [-0.3, -0.25) is 5.14 Å². The van der Waals surface area contributed by atoms with Crippen LogP contribution in [0.15, 0.2) is 53.1 Å². The van der Waals surface area contributed by atoms with E-state index in [0.29, 0.717) is 23.2 Å². The lowest BCUT2D eigenvalue weighted by atomic mass is 9.89. The predicted molar refractivity (Wildman–Crippen MR) is 122 cm³/mol. The molecule has 0 bridgehead atoms. The van der Waals surface area contributed by atoms with Crippen molar-refractivity contribution in [2.24, 2.45) is 5.14 Å². The van der Waals surface area contributed by atoms with E-state index >= 15 is 0 Å². The van der Waals surface area contributed by atoms with Crippen molar-refractivity contribution in [1.82, 2.24) is 4.57 Å². The van der Waals surface area contributed by atoms with Gasteiger partial charge in [0.05, 0.1) is 28.8 Å². The zero-order chi connectivity index (χ0) is 23.0. The number of hydrogen-bond donors (Lipinski definition) is 1. The lowest BCUT2D eigenvalue weighted by molar-refractivity contribution is -0.152. The summed E-state index contributed by atoms with van der Waals surface area (Å²) < 4.78 is 60.9. The number of fused-ring (bicyclic) bond motifs is 1. The molecule has 0 amide bonds. The molecule has 0 saturated heterocycles. The highest BCUT2D eigenvalue weighted by atomic mass is 79.9. The molecule has 2 atom stereocenters. The number of rotatable bonds is 7. The van der Waals surface area contributed by atoms with Gasteiger partial charge in [-0.1, -0.05) is 34.1 Å². The molecule has 2 aromatic carbocycles. The van der Waals surface area contributed by atoms with Crippen molar-refractivity contribution >= 4 is 37.8 Å². The number of halogens is 4. The third-order valence-electron chi connectivity index (χ3n) is 5.40. The fourth-order valence-electron chi connectivity index (χ4n) is 3.61. The van der Waals surface area contributed by atoms with E-state index in [0.717, 1.165) is 10.0 Å². The van der Waals surface area contributed by atoms with E-state index in [9.17, 15) is 17.4 Å². The first-order valence-electron chi connectivity index (χ1n) is 9.56. The van der Waals surface area contributed by atoms with E-state index in [-0.39, 0.29) is 12.0 Å². The Labute approximate surface area is 190 Å². The molecule has 0 radical (unpaired) electrons. The largest absolute Gasteiger partial charge is 0.497 e.